The topological polar surface area (TPSA) is 121 Å². The lowest BCUT2D eigenvalue weighted by Crippen LogP contribution is -2.49. The van der Waals surface area contributed by atoms with Gasteiger partial charge in [0, 0.05) is 49.2 Å². The van der Waals surface area contributed by atoms with Crippen LogP contribution in [0.15, 0.2) is 91.3 Å². The van der Waals surface area contributed by atoms with Crippen molar-refractivity contribution in [2.45, 2.75) is 0 Å². The predicted octanol–water partition coefficient (Wildman–Crippen LogP) is 4.62. The summed E-state index contributed by atoms with van der Waals surface area (Å²) in [4.78, 5) is 34.2. The summed E-state index contributed by atoms with van der Waals surface area (Å²) in [6, 6.07) is 23.6. The molecule has 5 aromatic rings. The Balaban J connectivity index is 1.12. The lowest BCUT2D eigenvalue weighted by Gasteiger charge is -2.35. The maximum absolute atomic E-state index is 13.6. The number of hydrogen-bond acceptors (Lipinski definition) is 8. The average Bonchev–Trinajstić information content (AvgIpc) is 3.04. The number of anilines is 2. The van der Waals surface area contributed by atoms with Crippen molar-refractivity contribution in [3.05, 3.63) is 103 Å². The Morgan fingerprint density at radius 3 is 2.31 bits per heavy atom. The highest BCUT2D eigenvalue weighted by Crippen LogP contribution is 2.32. The number of piperazine rings is 1. The lowest BCUT2D eigenvalue weighted by molar-refractivity contribution is 0.0748. The molecule has 1 aliphatic rings. The summed E-state index contributed by atoms with van der Waals surface area (Å²) in [5, 5.41) is 22.9. The first-order valence-electron chi connectivity index (χ1n) is 13.5. The van der Waals surface area contributed by atoms with Crippen LogP contribution in [-0.2, 0) is 0 Å². The van der Waals surface area contributed by atoms with Gasteiger partial charge in [-0.3, -0.25) is 14.6 Å². The van der Waals surface area contributed by atoms with Crippen molar-refractivity contribution in [3.63, 3.8) is 0 Å². The van der Waals surface area contributed by atoms with Crippen LogP contribution >= 0.6 is 0 Å². The summed E-state index contributed by atoms with van der Waals surface area (Å²) in [7, 11) is 1.58. The Kier molecular flexibility index (Phi) is 7.33. The monoisotopic (exact) mass is 560 g/mol. The zero-order chi connectivity index (χ0) is 29.1. The molecule has 0 aliphatic carbocycles. The van der Waals surface area contributed by atoms with Gasteiger partial charge >= 0.3 is 0 Å². The SMILES string of the molecule is COc1ccc(NC(=O)c2ccc(N3CCN(C(=O)c4ccc(-c5cncc(O)c5)c5ccccc45)CC3)nn2)cc1. The van der Waals surface area contributed by atoms with Crippen molar-refractivity contribution in [2.75, 3.05) is 43.5 Å². The molecule has 0 atom stereocenters. The highest BCUT2D eigenvalue weighted by atomic mass is 16.5. The van der Waals surface area contributed by atoms with Crippen LogP contribution in [0.4, 0.5) is 11.5 Å². The summed E-state index contributed by atoms with van der Waals surface area (Å²) < 4.78 is 5.14. The van der Waals surface area contributed by atoms with E-state index in [2.05, 4.69) is 25.4 Å². The number of rotatable bonds is 6. The Morgan fingerprint density at radius 2 is 1.62 bits per heavy atom. The number of fused-ring (bicyclic) bond motifs is 1. The highest BCUT2D eigenvalue weighted by molar-refractivity contribution is 6.11. The molecule has 1 fully saturated rings. The van der Waals surface area contributed by atoms with Crippen molar-refractivity contribution in [2.24, 2.45) is 0 Å². The molecular weight excluding hydrogens is 532 g/mol. The number of carbonyl (C=O) groups is 2. The van der Waals surface area contributed by atoms with Gasteiger partial charge in [0.25, 0.3) is 11.8 Å². The molecule has 1 aliphatic heterocycles. The molecule has 3 heterocycles. The molecule has 2 aromatic heterocycles. The van der Waals surface area contributed by atoms with Crippen molar-refractivity contribution in [3.8, 4) is 22.6 Å². The number of benzene rings is 3. The molecule has 42 heavy (non-hydrogen) atoms. The third-order valence-electron chi connectivity index (χ3n) is 7.31. The predicted molar refractivity (Wildman–Crippen MR) is 160 cm³/mol. The molecule has 0 unspecified atom stereocenters. The molecule has 2 N–H and O–H groups in total. The second kappa shape index (κ2) is 11.5. The molecule has 3 aromatic carbocycles. The van der Waals surface area contributed by atoms with Gasteiger partial charge in [-0.1, -0.05) is 30.3 Å². The number of nitrogens with zero attached hydrogens (tertiary/aromatic N) is 5. The fraction of sp³-hybridized carbons (Fsp3) is 0.156. The first kappa shape index (κ1) is 26.7. The van der Waals surface area contributed by atoms with Gasteiger partial charge in [0.15, 0.2) is 11.5 Å². The summed E-state index contributed by atoms with van der Waals surface area (Å²) in [5.41, 5.74) is 3.15. The maximum Gasteiger partial charge on any atom is 0.276 e. The molecule has 2 amide bonds. The number of pyridine rings is 1. The number of hydrogen-bond donors (Lipinski definition) is 2. The van der Waals surface area contributed by atoms with Crippen LogP contribution in [0, 0.1) is 0 Å². The largest absolute Gasteiger partial charge is 0.506 e. The van der Waals surface area contributed by atoms with E-state index in [0.717, 1.165) is 21.9 Å². The quantitative estimate of drug-likeness (QED) is 0.309. The van der Waals surface area contributed by atoms with Crippen molar-refractivity contribution >= 4 is 34.1 Å². The normalized spacial score (nSPS) is 13.2. The summed E-state index contributed by atoms with van der Waals surface area (Å²) >= 11 is 0. The van der Waals surface area contributed by atoms with Crippen molar-refractivity contribution in [1.29, 1.82) is 0 Å². The van der Waals surface area contributed by atoms with E-state index in [1.54, 1.807) is 55.8 Å². The van der Waals surface area contributed by atoms with Crippen LogP contribution in [0.5, 0.6) is 11.5 Å². The molecule has 0 radical (unpaired) electrons. The lowest BCUT2D eigenvalue weighted by atomic mass is 9.95. The average molecular weight is 561 g/mol. The Bertz CT molecular complexity index is 1750. The molecule has 6 rings (SSSR count). The van der Waals surface area contributed by atoms with Gasteiger partial charge in [-0.05, 0) is 64.9 Å². The second-order valence-electron chi connectivity index (χ2n) is 9.88. The molecular formula is C32H28N6O4. The molecule has 0 bridgehead atoms. The minimum Gasteiger partial charge on any atom is -0.506 e. The van der Waals surface area contributed by atoms with E-state index in [0.29, 0.717) is 49.0 Å². The zero-order valence-corrected chi connectivity index (χ0v) is 22.9. The number of aromatic hydroxyl groups is 1. The van der Waals surface area contributed by atoms with E-state index in [1.165, 1.54) is 6.20 Å². The fourth-order valence-corrected chi connectivity index (χ4v) is 5.11. The summed E-state index contributed by atoms with van der Waals surface area (Å²) in [5.74, 6) is 1.05. The Labute approximate surface area is 242 Å². The number of amides is 2. The van der Waals surface area contributed by atoms with Gasteiger partial charge in [0.1, 0.15) is 11.5 Å². The van der Waals surface area contributed by atoms with Gasteiger partial charge in [0.2, 0.25) is 0 Å². The van der Waals surface area contributed by atoms with Crippen LogP contribution in [0.25, 0.3) is 21.9 Å². The van der Waals surface area contributed by atoms with Gasteiger partial charge in [0.05, 0.1) is 13.3 Å². The van der Waals surface area contributed by atoms with E-state index in [1.807, 2.05) is 41.3 Å². The standard InChI is InChI=1S/C32H28N6O4/c1-42-24-8-6-22(7-9-24)34-31(40)29-12-13-30(36-35-29)37-14-16-38(17-15-37)32(41)28-11-10-25(21-18-23(39)20-33-19-21)26-4-2-3-5-27(26)28/h2-13,18-20,39H,14-17H2,1H3,(H,34,40). The maximum atomic E-state index is 13.6. The van der Waals surface area contributed by atoms with Gasteiger partial charge in [-0.2, -0.15) is 0 Å². The highest BCUT2D eigenvalue weighted by Gasteiger charge is 2.25. The van der Waals surface area contributed by atoms with E-state index in [4.69, 9.17) is 4.74 Å². The van der Waals surface area contributed by atoms with Crippen LogP contribution in [0.3, 0.4) is 0 Å². The summed E-state index contributed by atoms with van der Waals surface area (Å²) in [6.45, 7) is 2.21. The number of nitrogens with one attached hydrogen (secondary N) is 1. The first-order valence-corrected chi connectivity index (χ1v) is 13.5. The van der Waals surface area contributed by atoms with E-state index < -0.39 is 0 Å². The van der Waals surface area contributed by atoms with Crippen molar-refractivity contribution < 1.29 is 19.4 Å². The van der Waals surface area contributed by atoms with Gasteiger partial charge < -0.3 is 25.0 Å². The molecule has 10 heteroatoms. The fourth-order valence-electron chi connectivity index (χ4n) is 5.11. The zero-order valence-electron chi connectivity index (χ0n) is 22.9. The van der Waals surface area contributed by atoms with E-state index in [-0.39, 0.29) is 23.3 Å². The second-order valence-corrected chi connectivity index (χ2v) is 9.88. The Hall–Kier alpha value is -5.51. The molecule has 0 spiro atoms. The smallest absolute Gasteiger partial charge is 0.276 e. The number of aromatic nitrogens is 3. The molecule has 10 nitrogen and oxygen atoms in total. The third-order valence-corrected chi connectivity index (χ3v) is 7.31. The van der Waals surface area contributed by atoms with Crippen LogP contribution in [-0.4, -0.2) is 70.3 Å². The summed E-state index contributed by atoms with van der Waals surface area (Å²) in [6.07, 6.45) is 3.09. The molecule has 1 saturated heterocycles. The van der Waals surface area contributed by atoms with Crippen LogP contribution in [0.1, 0.15) is 20.8 Å². The number of carbonyl (C=O) groups excluding carboxylic acids is 2. The number of methoxy groups -OCH3 is 1. The van der Waals surface area contributed by atoms with Gasteiger partial charge in [-0.25, -0.2) is 0 Å². The van der Waals surface area contributed by atoms with Gasteiger partial charge in [-0.15, -0.1) is 10.2 Å². The van der Waals surface area contributed by atoms with Crippen LogP contribution in [0.2, 0.25) is 0 Å². The minimum absolute atomic E-state index is 0.0388. The Morgan fingerprint density at radius 1 is 0.857 bits per heavy atom. The van der Waals surface area contributed by atoms with E-state index >= 15 is 0 Å². The van der Waals surface area contributed by atoms with Crippen molar-refractivity contribution in [1.82, 2.24) is 20.1 Å². The number of ether oxygens (including phenoxy) is 1. The van der Waals surface area contributed by atoms with Crippen LogP contribution < -0.4 is 15.0 Å². The third kappa shape index (κ3) is 5.42. The van der Waals surface area contributed by atoms with E-state index in [9.17, 15) is 14.7 Å². The molecule has 0 saturated carbocycles. The first-order chi connectivity index (χ1) is 20.5. The molecule has 210 valence electrons. The minimum atomic E-state index is -0.354.